The predicted octanol–water partition coefficient (Wildman–Crippen LogP) is 8.61. The fourth-order valence-corrected chi connectivity index (χ4v) is 5.78. The van der Waals surface area contributed by atoms with E-state index in [-0.39, 0.29) is 16.8 Å². The van der Waals surface area contributed by atoms with Crippen molar-refractivity contribution >= 4 is 91.6 Å². The summed E-state index contributed by atoms with van der Waals surface area (Å²) in [5, 5.41) is 24.6. The molecule has 0 atom stereocenters. The first kappa shape index (κ1) is 33.4. The number of hydrogen-bond acceptors (Lipinski definition) is 10. The van der Waals surface area contributed by atoms with Gasteiger partial charge in [-0.1, -0.05) is 60.7 Å². The average Bonchev–Trinajstić information content (AvgIpc) is 3.69. The Morgan fingerprint density at radius 1 is 0.615 bits per heavy atom. The third-order valence-corrected chi connectivity index (χ3v) is 8.70. The molecule has 2 aromatic heterocycles. The molecule has 0 fully saturated rings. The van der Waals surface area contributed by atoms with Crippen LogP contribution in [-0.4, -0.2) is 20.2 Å². The predicted molar refractivity (Wildman–Crippen MR) is 178 cm³/mol. The van der Waals surface area contributed by atoms with Crippen molar-refractivity contribution in [1.29, 1.82) is 0 Å². The second-order valence-electron chi connectivity index (χ2n) is 7.68. The van der Waals surface area contributed by atoms with E-state index in [9.17, 15) is 0 Å². The van der Waals surface area contributed by atoms with E-state index in [2.05, 4.69) is 55.4 Å². The van der Waals surface area contributed by atoms with Gasteiger partial charge in [-0.15, -0.1) is 23.5 Å². The van der Waals surface area contributed by atoms with Gasteiger partial charge < -0.3 is 25.3 Å². The largest absolute Gasteiger partial charge is 2.00 e. The Morgan fingerprint density at radius 3 is 1.33 bits per heavy atom. The molecular formula is C28H26CoN4S6. The van der Waals surface area contributed by atoms with Crippen LogP contribution >= 0.6 is 46.2 Å². The molecular weight excluding hydrogens is 644 g/mol. The van der Waals surface area contributed by atoms with Crippen molar-refractivity contribution in [2.75, 3.05) is 0 Å². The first-order valence-corrected chi connectivity index (χ1v) is 16.2. The maximum absolute atomic E-state index is 5.19. The number of thioether (sulfide) groups is 2. The molecule has 4 rings (SSSR count). The van der Waals surface area contributed by atoms with E-state index in [1.807, 2.05) is 73.1 Å². The summed E-state index contributed by atoms with van der Waals surface area (Å²) in [5.41, 5.74) is 6.47. The molecule has 0 aliphatic heterocycles. The van der Waals surface area contributed by atoms with Crippen LogP contribution in [0.2, 0.25) is 0 Å². The second kappa shape index (κ2) is 19.3. The summed E-state index contributed by atoms with van der Waals surface area (Å²) in [5.74, 6) is 1.66. The van der Waals surface area contributed by atoms with Gasteiger partial charge in [0.25, 0.3) is 0 Å². The van der Waals surface area contributed by atoms with Crippen LogP contribution in [0.5, 0.6) is 0 Å². The van der Waals surface area contributed by atoms with E-state index in [1.165, 1.54) is 34.7 Å². The first-order chi connectivity index (χ1) is 18.5. The Morgan fingerprint density at radius 2 is 1.00 bits per heavy atom. The Kier molecular flexibility index (Phi) is 16.5. The fraction of sp³-hybridized carbons (Fsp3) is 0.143. The third kappa shape index (κ3) is 13.4. The van der Waals surface area contributed by atoms with Crippen molar-refractivity contribution in [3.05, 3.63) is 117 Å². The maximum atomic E-state index is 5.19. The second-order valence-corrected chi connectivity index (χ2v) is 12.5. The summed E-state index contributed by atoms with van der Waals surface area (Å²) in [4.78, 5) is 0. The number of nitrogens with zero attached hydrogens (tertiary/aromatic N) is 4. The van der Waals surface area contributed by atoms with Crippen LogP contribution in [0.25, 0.3) is 0 Å². The van der Waals surface area contributed by atoms with Crippen LogP contribution in [0.4, 0.5) is 0 Å². The monoisotopic (exact) mass is 669 g/mol. The number of thiophene rings is 2. The van der Waals surface area contributed by atoms with E-state index < -0.39 is 0 Å². The minimum Gasteiger partial charge on any atom is -0.752 e. The van der Waals surface area contributed by atoms with Crippen LogP contribution in [0.1, 0.15) is 36.1 Å². The van der Waals surface area contributed by atoms with Gasteiger partial charge >= 0.3 is 16.8 Å². The normalized spacial score (nSPS) is 12.4. The van der Waals surface area contributed by atoms with Crippen molar-refractivity contribution in [3.63, 3.8) is 0 Å². The van der Waals surface area contributed by atoms with E-state index in [1.54, 1.807) is 22.7 Å². The molecule has 0 aliphatic rings. The molecule has 1 radical (unpaired) electrons. The maximum Gasteiger partial charge on any atom is 2.00 e. The number of hydrogen-bond donors (Lipinski definition) is 0. The molecule has 2 aromatic carbocycles. The molecule has 4 aromatic rings. The van der Waals surface area contributed by atoms with Crippen molar-refractivity contribution in [2.45, 2.75) is 25.4 Å². The Hall–Kier alpha value is -1.83. The van der Waals surface area contributed by atoms with Gasteiger partial charge in [-0.25, -0.2) is 0 Å². The fourth-order valence-electron chi connectivity index (χ4n) is 2.78. The Bertz CT molecular complexity index is 1230. The van der Waals surface area contributed by atoms with Crippen LogP contribution in [0, 0.1) is 0 Å². The van der Waals surface area contributed by atoms with Crippen LogP contribution < -0.4 is 0 Å². The molecule has 0 amide bonds. The Labute approximate surface area is 268 Å². The van der Waals surface area contributed by atoms with Crippen molar-refractivity contribution in [1.82, 2.24) is 0 Å². The molecule has 0 spiro atoms. The van der Waals surface area contributed by atoms with Gasteiger partial charge in [-0.2, -0.15) is 43.1 Å². The number of benzene rings is 2. The molecule has 4 nitrogen and oxygen atoms in total. The van der Waals surface area contributed by atoms with Gasteiger partial charge in [0.1, 0.15) is 0 Å². The summed E-state index contributed by atoms with van der Waals surface area (Å²) >= 11 is 16.7. The minimum absolute atomic E-state index is 0. The van der Waals surface area contributed by atoms with E-state index >= 15 is 0 Å². The van der Waals surface area contributed by atoms with Crippen molar-refractivity contribution < 1.29 is 16.8 Å². The SMILES string of the molecule is C/C(=N\N=C(/[S-])SCc1ccccc1)c1ccsc1.C/C(=N\N=C(/[S-])SCc1ccccc1)c1ccsc1.[Co+2]. The van der Waals surface area contributed by atoms with Crippen LogP contribution in [0.15, 0.2) is 115 Å². The molecule has 0 N–H and O–H groups in total. The van der Waals surface area contributed by atoms with Crippen molar-refractivity contribution in [3.8, 4) is 0 Å². The molecule has 0 saturated carbocycles. The molecule has 11 heteroatoms. The van der Waals surface area contributed by atoms with Gasteiger partial charge in [0.05, 0.1) is 11.4 Å². The summed E-state index contributed by atoms with van der Waals surface area (Å²) in [7, 11) is 0. The first-order valence-electron chi connectivity index (χ1n) is 11.5. The molecule has 0 unspecified atom stereocenters. The molecule has 203 valence electrons. The molecule has 39 heavy (non-hydrogen) atoms. The summed E-state index contributed by atoms with van der Waals surface area (Å²) in [6.45, 7) is 3.88. The number of rotatable bonds is 8. The molecule has 0 bridgehead atoms. The smallest absolute Gasteiger partial charge is 0.752 e. The van der Waals surface area contributed by atoms with Gasteiger partial charge in [-0.3, -0.25) is 0 Å². The summed E-state index contributed by atoms with van der Waals surface area (Å²) < 4.78 is 1.14. The Balaban J connectivity index is 0.000000267. The van der Waals surface area contributed by atoms with Crippen molar-refractivity contribution in [2.24, 2.45) is 20.4 Å². The summed E-state index contributed by atoms with van der Waals surface area (Å²) in [6.07, 6.45) is 0. The van der Waals surface area contributed by atoms with Crippen LogP contribution in [0.3, 0.4) is 0 Å². The molecule has 0 saturated heterocycles. The molecule has 2 heterocycles. The van der Waals surface area contributed by atoms with Gasteiger partial charge in [0.15, 0.2) is 0 Å². The van der Waals surface area contributed by atoms with E-state index in [0.717, 1.165) is 34.1 Å². The minimum atomic E-state index is 0. The topological polar surface area (TPSA) is 49.4 Å². The quantitative estimate of drug-likeness (QED) is 0.0816. The van der Waals surface area contributed by atoms with Crippen LogP contribution in [-0.2, 0) is 53.5 Å². The third-order valence-electron chi connectivity index (χ3n) is 4.85. The standard InChI is InChI=1S/2C14H14N2S3.Co/c2*1-11(13-7-8-18-10-13)15-16-14(17)19-9-12-5-3-2-4-6-12;/h2*2-8,10H,9H2,1H3,(H,16,17);/q;;+2/p-2/b2*15-11+;. The van der Waals surface area contributed by atoms with E-state index in [4.69, 9.17) is 25.3 Å². The average molecular weight is 670 g/mol. The van der Waals surface area contributed by atoms with Gasteiger partial charge in [-0.05, 0) is 67.4 Å². The summed E-state index contributed by atoms with van der Waals surface area (Å²) in [6, 6.07) is 24.5. The zero-order chi connectivity index (χ0) is 27.0. The zero-order valence-electron chi connectivity index (χ0n) is 21.2. The van der Waals surface area contributed by atoms with Gasteiger partial charge in [0, 0.05) is 22.6 Å². The molecule has 0 aliphatic carbocycles. The van der Waals surface area contributed by atoms with Gasteiger partial charge in [0.2, 0.25) is 0 Å². The zero-order valence-corrected chi connectivity index (χ0v) is 27.2. The van der Waals surface area contributed by atoms with E-state index in [0.29, 0.717) is 8.75 Å².